The highest BCUT2D eigenvalue weighted by molar-refractivity contribution is 6.27. The van der Waals surface area contributed by atoms with Crippen LogP contribution in [0, 0.1) is 0 Å². The molecule has 0 saturated heterocycles. The maximum Gasteiger partial charge on any atom is 0.328 e. The fraction of sp³-hybridized carbons (Fsp3) is 0. The molecule has 1 aliphatic rings. The Hall–Kier alpha value is -2.95. The first-order valence-corrected chi connectivity index (χ1v) is 5.81. The molecule has 2 aromatic rings. The molecule has 20 heavy (non-hydrogen) atoms. The minimum Gasteiger partial charge on any atom is -0.478 e. The number of rotatable bonds is 2. The third-order valence-electron chi connectivity index (χ3n) is 3.01. The summed E-state index contributed by atoms with van der Waals surface area (Å²) in [5.74, 6) is -1.69. The topological polar surface area (TPSA) is 84.6 Å². The van der Waals surface area contributed by atoms with Crippen LogP contribution >= 0.6 is 0 Å². The lowest BCUT2D eigenvalue weighted by atomic mass is 9.89. The number of carbonyl (C=O) groups is 3. The van der Waals surface area contributed by atoms with E-state index in [0.29, 0.717) is 11.1 Å². The van der Waals surface area contributed by atoms with Crippen LogP contribution in [-0.2, 0) is 4.79 Å². The van der Waals surface area contributed by atoms with Crippen LogP contribution in [-0.4, -0.2) is 22.6 Å². The normalized spacial score (nSPS) is 13.4. The number of aliphatic carboxylic acids is 1. The summed E-state index contributed by atoms with van der Waals surface area (Å²) in [5, 5.41) is 8.56. The average molecular weight is 268 g/mol. The molecule has 0 fully saturated rings. The number of hydrogen-bond donors (Lipinski definition) is 1. The highest BCUT2D eigenvalue weighted by Crippen LogP contribution is 2.29. The van der Waals surface area contributed by atoms with Crippen LogP contribution in [0.2, 0.25) is 0 Å². The predicted octanol–water partition coefficient (Wildman–Crippen LogP) is 2.15. The van der Waals surface area contributed by atoms with Crippen molar-refractivity contribution in [2.75, 3.05) is 0 Å². The second-order valence-corrected chi connectivity index (χ2v) is 4.27. The zero-order valence-corrected chi connectivity index (χ0v) is 10.1. The molecule has 1 aromatic heterocycles. The van der Waals surface area contributed by atoms with Gasteiger partial charge in [0.2, 0.25) is 5.78 Å². The van der Waals surface area contributed by atoms with E-state index >= 15 is 0 Å². The molecular formula is C15H8O5. The van der Waals surface area contributed by atoms with Gasteiger partial charge in [-0.05, 0) is 12.1 Å². The number of furan rings is 1. The van der Waals surface area contributed by atoms with Crippen molar-refractivity contribution in [3.63, 3.8) is 0 Å². The Kier molecular flexibility index (Phi) is 2.61. The summed E-state index contributed by atoms with van der Waals surface area (Å²) in [5.41, 5.74) is 0.798. The highest BCUT2D eigenvalue weighted by Gasteiger charge is 2.32. The third-order valence-corrected chi connectivity index (χ3v) is 3.01. The van der Waals surface area contributed by atoms with Gasteiger partial charge in [0, 0.05) is 17.2 Å². The Morgan fingerprint density at radius 1 is 1.05 bits per heavy atom. The van der Waals surface area contributed by atoms with E-state index in [9.17, 15) is 14.4 Å². The largest absolute Gasteiger partial charge is 0.478 e. The highest BCUT2D eigenvalue weighted by atomic mass is 16.4. The predicted molar refractivity (Wildman–Crippen MR) is 68.7 cm³/mol. The molecule has 0 bridgehead atoms. The molecule has 1 N–H and O–H groups in total. The maximum absolute atomic E-state index is 12.3. The van der Waals surface area contributed by atoms with Crippen LogP contribution in [0.1, 0.15) is 37.8 Å². The molecule has 0 atom stereocenters. The van der Waals surface area contributed by atoms with Gasteiger partial charge in [-0.1, -0.05) is 24.3 Å². The molecule has 3 rings (SSSR count). The molecule has 0 spiro atoms. The molecule has 1 aliphatic carbocycles. The lowest BCUT2D eigenvalue weighted by Crippen LogP contribution is -2.18. The first kappa shape index (κ1) is 12.1. The second-order valence-electron chi connectivity index (χ2n) is 4.27. The van der Waals surface area contributed by atoms with E-state index in [1.807, 2.05) is 0 Å². The molecule has 0 unspecified atom stereocenters. The Morgan fingerprint density at radius 2 is 1.70 bits per heavy atom. The number of carboxylic acid groups (broad SMARTS) is 1. The minimum absolute atomic E-state index is 0.0428. The summed E-state index contributed by atoms with van der Waals surface area (Å²) < 4.78 is 5.28. The Morgan fingerprint density at radius 3 is 2.35 bits per heavy atom. The smallest absolute Gasteiger partial charge is 0.328 e. The van der Waals surface area contributed by atoms with Crippen molar-refractivity contribution in [3.05, 3.63) is 64.6 Å². The number of ketones is 2. The van der Waals surface area contributed by atoms with Crippen molar-refractivity contribution in [1.82, 2.24) is 0 Å². The fourth-order valence-electron chi connectivity index (χ4n) is 2.13. The van der Waals surface area contributed by atoms with Crippen molar-refractivity contribution >= 4 is 23.6 Å². The Labute approximate surface area is 113 Å². The van der Waals surface area contributed by atoms with Crippen LogP contribution in [0.4, 0.5) is 0 Å². The van der Waals surface area contributed by atoms with E-state index in [1.54, 1.807) is 24.3 Å². The van der Waals surface area contributed by atoms with Crippen LogP contribution in [0.15, 0.2) is 40.8 Å². The van der Waals surface area contributed by atoms with E-state index in [4.69, 9.17) is 9.52 Å². The average Bonchev–Trinajstić information content (AvgIpc) is 2.87. The van der Waals surface area contributed by atoms with Crippen molar-refractivity contribution in [3.8, 4) is 0 Å². The number of carbonyl (C=O) groups excluding carboxylic acids is 2. The van der Waals surface area contributed by atoms with Gasteiger partial charge in [-0.3, -0.25) is 9.59 Å². The second kappa shape index (κ2) is 4.31. The molecule has 0 amide bonds. The summed E-state index contributed by atoms with van der Waals surface area (Å²) in [6, 6.07) is 7.88. The molecule has 0 saturated carbocycles. The molecule has 5 nitrogen and oxygen atoms in total. The monoisotopic (exact) mass is 268 g/mol. The molecule has 0 radical (unpaired) electrons. The quantitative estimate of drug-likeness (QED) is 0.720. The van der Waals surface area contributed by atoms with E-state index in [-0.39, 0.29) is 28.7 Å². The van der Waals surface area contributed by atoms with Gasteiger partial charge in [0.05, 0.1) is 5.56 Å². The van der Waals surface area contributed by atoms with Crippen LogP contribution < -0.4 is 0 Å². The lowest BCUT2D eigenvalue weighted by Gasteiger charge is -2.11. The van der Waals surface area contributed by atoms with Crippen molar-refractivity contribution in [2.24, 2.45) is 0 Å². The van der Waals surface area contributed by atoms with Crippen LogP contribution in [0.3, 0.4) is 0 Å². The number of hydrogen-bond acceptors (Lipinski definition) is 4. The summed E-state index contributed by atoms with van der Waals surface area (Å²) in [6.07, 6.45) is 2.08. The lowest BCUT2D eigenvalue weighted by molar-refractivity contribution is -0.131. The summed E-state index contributed by atoms with van der Waals surface area (Å²) in [7, 11) is 0. The van der Waals surface area contributed by atoms with Crippen LogP contribution in [0.5, 0.6) is 0 Å². The first-order valence-electron chi connectivity index (χ1n) is 5.81. The SMILES string of the molecule is O=C(O)/C=C/c1cc2c(o1)C(=O)c1ccccc1C2=O. The van der Waals surface area contributed by atoms with Gasteiger partial charge < -0.3 is 9.52 Å². The fourth-order valence-corrected chi connectivity index (χ4v) is 2.13. The maximum atomic E-state index is 12.3. The summed E-state index contributed by atoms with van der Waals surface area (Å²) in [4.78, 5) is 34.9. The Bertz CT molecular complexity index is 727. The van der Waals surface area contributed by atoms with Crippen LogP contribution in [0.25, 0.3) is 6.08 Å². The molecule has 1 heterocycles. The van der Waals surface area contributed by atoms with Crippen molar-refractivity contribution < 1.29 is 23.9 Å². The van der Waals surface area contributed by atoms with E-state index < -0.39 is 5.97 Å². The van der Waals surface area contributed by atoms with E-state index in [1.165, 1.54) is 12.1 Å². The first-order chi connectivity index (χ1) is 9.58. The van der Waals surface area contributed by atoms with Gasteiger partial charge >= 0.3 is 5.97 Å². The van der Waals surface area contributed by atoms with Gasteiger partial charge in [-0.25, -0.2) is 4.79 Å². The molecular weight excluding hydrogens is 260 g/mol. The van der Waals surface area contributed by atoms with E-state index in [2.05, 4.69) is 0 Å². The molecule has 1 aromatic carbocycles. The van der Waals surface area contributed by atoms with Gasteiger partial charge in [-0.15, -0.1) is 0 Å². The standard InChI is InChI=1S/C15H8O5/c16-12(17)6-5-8-7-11-13(18)9-3-1-2-4-10(9)14(19)15(11)20-8/h1-7H,(H,16,17)/b6-5+. The van der Waals surface area contributed by atoms with E-state index in [0.717, 1.165) is 6.08 Å². The number of benzene rings is 1. The number of fused-ring (bicyclic) bond motifs is 2. The zero-order chi connectivity index (χ0) is 14.3. The Balaban J connectivity index is 2.12. The molecule has 0 aliphatic heterocycles. The van der Waals surface area contributed by atoms with Gasteiger partial charge in [0.15, 0.2) is 11.5 Å². The van der Waals surface area contributed by atoms with Gasteiger partial charge in [-0.2, -0.15) is 0 Å². The summed E-state index contributed by atoms with van der Waals surface area (Å²) in [6.45, 7) is 0. The summed E-state index contributed by atoms with van der Waals surface area (Å²) >= 11 is 0. The third kappa shape index (κ3) is 1.76. The molecule has 98 valence electrons. The van der Waals surface area contributed by atoms with Gasteiger partial charge in [0.1, 0.15) is 5.76 Å². The van der Waals surface area contributed by atoms with Gasteiger partial charge in [0.25, 0.3) is 0 Å². The minimum atomic E-state index is -1.14. The van der Waals surface area contributed by atoms with Crippen molar-refractivity contribution in [2.45, 2.75) is 0 Å². The zero-order valence-electron chi connectivity index (χ0n) is 10.1. The number of carboxylic acids is 1. The van der Waals surface area contributed by atoms with Crippen molar-refractivity contribution in [1.29, 1.82) is 0 Å². The molecule has 5 heteroatoms.